The zero-order chi connectivity index (χ0) is 17.5. The van der Waals surface area contributed by atoms with Crippen LogP contribution in [-0.2, 0) is 0 Å². The Hall–Kier alpha value is -1.49. The first kappa shape index (κ1) is 17.3. The van der Waals surface area contributed by atoms with E-state index in [1.807, 2.05) is 5.32 Å². The van der Waals surface area contributed by atoms with E-state index >= 15 is 0 Å². The smallest absolute Gasteiger partial charge is 0.363 e. The molecule has 0 aromatic carbocycles. The average molecular weight is 392 g/mol. The van der Waals surface area contributed by atoms with Gasteiger partial charge in [-0.3, -0.25) is 4.79 Å². The van der Waals surface area contributed by atoms with Crippen LogP contribution in [0.2, 0.25) is 0 Å². The lowest BCUT2D eigenvalue weighted by molar-refractivity contribution is -0.285. The molecule has 4 nitrogen and oxygen atoms in total. The molecule has 0 aliphatic carbocycles. The van der Waals surface area contributed by atoms with E-state index in [2.05, 4.69) is 5.32 Å². The fourth-order valence-electron chi connectivity index (χ4n) is 2.62. The van der Waals surface area contributed by atoms with E-state index < -0.39 is 29.6 Å². The van der Waals surface area contributed by atoms with Gasteiger partial charge in [-0.25, -0.2) is 0 Å². The predicted molar refractivity (Wildman–Crippen MR) is 89.1 cm³/mol. The third-order valence-electron chi connectivity index (χ3n) is 3.70. The first-order valence-electron chi connectivity index (χ1n) is 6.73. The van der Waals surface area contributed by atoms with Crippen molar-refractivity contribution in [2.24, 2.45) is 5.92 Å². The number of alkyl halides is 3. The Morgan fingerprint density at radius 3 is 2.46 bits per heavy atom. The summed E-state index contributed by atoms with van der Waals surface area (Å²) in [6, 6.07) is 5.18. The molecule has 0 spiro atoms. The molecular formula is C14H11F3N2O2S3. The van der Waals surface area contributed by atoms with Gasteiger partial charge in [-0.2, -0.15) is 13.2 Å². The summed E-state index contributed by atoms with van der Waals surface area (Å²) in [5.41, 5.74) is -3.45. The van der Waals surface area contributed by atoms with E-state index in [1.165, 1.54) is 17.4 Å². The van der Waals surface area contributed by atoms with Crippen LogP contribution in [0.4, 0.5) is 13.2 Å². The second-order valence-corrected chi connectivity index (χ2v) is 7.51. The fraction of sp³-hybridized carbons (Fsp3) is 0.286. The summed E-state index contributed by atoms with van der Waals surface area (Å²) in [6.45, 7) is 0. The Labute approximate surface area is 148 Å². The number of ketones is 1. The number of hydrogen-bond acceptors (Lipinski definition) is 5. The van der Waals surface area contributed by atoms with Crippen LogP contribution >= 0.6 is 34.9 Å². The number of hydrogen-bond donors (Lipinski definition) is 3. The summed E-state index contributed by atoms with van der Waals surface area (Å²) in [4.78, 5) is 13.4. The topological polar surface area (TPSA) is 61.4 Å². The van der Waals surface area contributed by atoms with Gasteiger partial charge >= 0.3 is 6.18 Å². The highest BCUT2D eigenvalue weighted by atomic mass is 32.1. The zero-order valence-corrected chi connectivity index (χ0v) is 14.3. The molecule has 3 atom stereocenters. The maximum atomic E-state index is 13.6. The average Bonchev–Trinajstić information content (AvgIpc) is 3.18. The molecule has 24 heavy (non-hydrogen) atoms. The van der Waals surface area contributed by atoms with Crippen LogP contribution in [-0.4, -0.2) is 27.9 Å². The predicted octanol–water partition coefficient (Wildman–Crippen LogP) is 3.08. The molecule has 2 aromatic heterocycles. The van der Waals surface area contributed by atoms with Crippen molar-refractivity contribution < 1.29 is 23.1 Å². The highest BCUT2D eigenvalue weighted by molar-refractivity contribution is 7.80. The lowest BCUT2D eigenvalue weighted by Crippen LogP contribution is -2.72. The molecule has 1 aliphatic rings. The summed E-state index contributed by atoms with van der Waals surface area (Å²) in [7, 11) is 0. The van der Waals surface area contributed by atoms with E-state index in [4.69, 9.17) is 12.2 Å². The summed E-state index contributed by atoms with van der Waals surface area (Å²) < 4.78 is 40.9. The minimum atomic E-state index is -5.09. The Bertz CT molecular complexity index is 746. The van der Waals surface area contributed by atoms with Gasteiger partial charge in [0.2, 0.25) is 5.72 Å². The van der Waals surface area contributed by atoms with Gasteiger partial charge in [0.15, 0.2) is 10.9 Å². The molecule has 3 unspecified atom stereocenters. The van der Waals surface area contributed by atoms with Crippen LogP contribution in [0.3, 0.4) is 0 Å². The second-order valence-electron chi connectivity index (χ2n) is 5.17. The molecule has 3 N–H and O–H groups in total. The van der Waals surface area contributed by atoms with E-state index in [-0.39, 0.29) is 9.99 Å². The van der Waals surface area contributed by atoms with Gasteiger partial charge < -0.3 is 15.7 Å². The SMILES string of the molecule is O=C(c1cccs1)C1C(c2cccs2)NC(=S)NC1(O)C(F)(F)F. The number of carbonyl (C=O) groups excluding carboxylic acids is 1. The third-order valence-corrected chi connectivity index (χ3v) is 5.76. The fourth-order valence-corrected chi connectivity index (χ4v) is 4.42. The number of aliphatic hydroxyl groups is 1. The van der Waals surface area contributed by atoms with Gasteiger partial charge in [0.1, 0.15) is 5.92 Å². The van der Waals surface area contributed by atoms with Gasteiger partial charge in [-0.1, -0.05) is 12.1 Å². The molecule has 0 bridgehead atoms. The van der Waals surface area contributed by atoms with Crippen molar-refractivity contribution in [3.63, 3.8) is 0 Å². The number of carbonyl (C=O) groups is 1. The molecule has 3 heterocycles. The first-order chi connectivity index (χ1) is 11.2. The van der Waals surface area contributed by atoms with E-state index in [0.717, 1.165) is 11.3 Å². The second kappa shape index (κ2) is 6.10. The van der Waals surface area contributed by atoms with Crippen molar-refractivity contribution >= 4 is 45.8 Å². The van der Waals surface area contributed by atoms with Gasteiger partial charge in [0.25, 0.3) is 0 Å². The standard InChI is InChI=1S/C14H11F3N2O2S3/c15-14(16,17)13(21)9(11(20)8-4-2-6-24-8)10(18-12(22)19-13)7-3-1-5-23-7/h1-6,9-10,21H,(H2,18,19,22). The number of thiophene rings is 2. The van der Waals surface area contributed by atoms with Crippen molar-refractivity contribution in [1.29, 1.82) is 0 Å². The molecule has 3 rings (SSSR count). The largest absolute Gasteiger partial charge is 0.437 e. The van der Waals surface area contributed by atoms with Gasteiger partial charge in [0, 0.05) is 4.88 Å². The monoisotopic (exact) mass is 392 g/mol. The van der Waals surface area contributed by atoms with Gasteiger partial charge in [-0.15, -0.1) is 22.7 Å². The molecule has 1 fully saturated rings. The number of halogens is 3. The lowest BCUT2D eigenvalue weighted by Gasteiger charge is -2.45. The normalized spacial score (nSPS) is 27.4. The first-order valence-corrected chi connectivity index (χ1v) is 8.89. The van der Waals surface area contributed by atoms with Crippen molar-refractivity contribution in [1.82, 2.24) is 10.6 Å². The van der Waals surface area contributed by atoms with E-state index in [9.17, 15) is 23.1 Å². The summed E-state index contributed by atoms with van der Waals surface area (Å²) in [6.07, 6.45) is -5.09. The number of rotatable bonds is 3. The Balaban J connectivity index is 2.13. The Kier molecular flexibility index (Phi) is 4.41. The van der Waals surface area contributed by atoms with Crippen molar-refractivity contribution in [3.8, 4) is 0 Å². The van der Waals surface area contributed by atoms with Crippen LogP contribution in [0, 0.1) is 5.92 Å². The number of thiocarbonyl (C=S) groups is 1. The molecule has 0 saturated carbocycles. The van der Waals surface area contributed by atoms with Crippen LogP contribution in [0.15, 0.2) is 35.0 Å². The molecule has 0 amide bonds. The van der Waals surface area contributed by atoms with Crippen LogP contribution < -0.4 is 10.6 Å². The number of Topliss-reactive ketones (excluding diaryl/α,β-unsaturated/α-hetero) is 1. The Morgan fingerprint density at radius 1 is 1.25 bits per heavy atom. The van der Waals surface area contributed by atoms with E-state index in [1.54, 1.807) is 29.0 Å². The van der Waals surface area contributed by atoms with Gasteiger partial charge in [0.05, 0.1) is 10.9 Å². The minimum absolute atomic E-state index is 0.139. The van der Waals surface area contributed by atoms with E-state index in [0.29, 0.717) is 4.88 Å². The summed E-state index contributed by atoms with van der Waals surface area (Å²) >= 11 is 7.03. The molecule has 2 aromatic rings. The molecule has 128 valence electrons. The molecule has 1 saturated heterocycles. The van der Waals surface area contributed by atoms with Crippen molar-refractivity contribution in [2.45, 2.75) is 17.9 Å². The number of nitrogens with one attached hydrogen (secondary N) is 2. The third kappa shape index (κ3) is 2.83. The maximum Gasteiger partial charge on any atom is 0.437 e. The Morgan fingerprint density at radius 2 is 1.92 bits per heavy atom. The zero-order valence-electron chi connectivity index (χ0n) is 11.8. The summed E-state index contributed by atoms with van der Waals surface area (Å²) in [5.74, 6) is -2.62. The van der Waals surface area contributed by atoms with Crippen LogP contribution in [0.1, 0.15) is 20.6 Å². The minimum Gasteiger partial charge on any atom is -0.363 e. The quantitative estimate of drug-likeness (QED) is 0.554. The van der Waals surface area contributed by atoms with Crippen molar-refractivity contribution in [3.05, 3.63) is 44.8 Å². The van der Waals surface area contributed by atoms with Gasteiger partial charge in [-0.05, 0) is 35.1 Å². The lowest BCUT2D eigenvalue weighted by atomic mass is 9.81. The molecule has 0 radical (unpaired) electrons. The summed E-state index contributed by atoms with van der Waals surface area (Å²) in [5, 5.41) is 17.9. The highest BCUT2D eigenvalue weighted by Crippen LogP contribution is 2.45. The highest BCUT2D eigenvalue weighted by Gasteiger charge is 2.66. The maximum absolute atomic E-state index is 13.6. The molecule has 1 aliphatic heterocycles. The van der Waals surface area contributed by atoms with Crippen LogP contribution in [0.5, 0.6) is 0 Å². The molecular weight excluding hydrogens is 381 g/mol. The van der Waals surface area contributed by atoms with Crippen LogP contribution in [0.25, 0.3) is 0 Å². The molecule has 10 heteroatoms. The van der Waals surface area contributed by atoms with Crippen molar-refractivity contribution in [2.75, 3.05) is 0 Å².